The van der Waals surface area contributed by atoms with E-state index in [1.807, 2.05) is 0 Å². The molecule has 0 aromatic rings. The smallest absolute Gasteiger partial charge is 0.0563 e. The first-order valence-electron chi connectivity index (χ1n) is 18.8. The molecule has 1 aliphatic carbocycles. The highest BCUT2D eigenvalue weighted by atomic mass is 16.3. The van der Waals surface area contributed by atoms with Gasteiger partial charge in [0.1, 0.15) is 0 Å². The van der Waals surface area contributed by atoms with Crippen LogP contribution in [0, 0.1) is 23.7 Å². The van der Waals surface area contributed by atoms with Gasteiger partial charge >= 0.3 is 0 Å². The van der Waals surface area contributed by atoms with Crippen molar-refractivity contribution in [2.45, 2.75) is 179 Å². The summed E-state index contributed by atoms with van der Waals surface area (Å²) in [6.07, 6.45) is 23.8. The average Bonchev–Trinajstić information content (AvgIpc) is 3.22. The Morgan fingerprint density at radius 3 is 1.98 bits per heavy atom. The van der Waals surface area contributed by atoms with Crippen molar-refractivity contribution in [3.63, 3.8) is 0 Å². The third kappa shape index (κ3) is 23.4. The lowest BCUT2D eigenvalue weighted by Crippen LogP contribution is -2.19. The maximum Gasteiger partial charge on any atom is 0.0563 e. The van der Waals surface area contributed by atoms with Crippen LogP contribution in [-0.4, -0.2) is 29.7 Å². The number of hydrogen-bond acceptors (Lipinski definition) is 2. The lowest BCUT2D eigenvalue weighted by Gasteiger charge is -2.26. The van der Waals surface area contributed by atoms with Crippen LogP contribution >= 0.6 is 0 Å². The molecule has 1 fully saturated rings. The summed E-state index contributed by atoms with van der Waals surface area (Å²) >= 11 is 0. The molecule has 1 saturated carbocycles. The number of rotatable bonds is 15. The Labute approximate surface area is 284 Å². The molecular formula is C43H81NO. The monoisotopic (exact) mass is 628 g/mol. The molecule has 264 valence electrons. The molecule has 1 N–H and O–H groups in total. The van der Waals surface area contributed by atoms with Crippen molar-refractivity contribution in [2.24, 2.45) is 23.7 Å². The van der Waals surface area contributed by atoms with Crippen molar-refractivity contribution in [1.82, 2.24) is 4.90 Å². The lowest BCUT2D eigenvalue weighted by molar-refractivity contribution is 0.102. The van der Waals surface area contributed by atoms with Gasteiger partial charge in [0.2, 0.25) is 0 Å². The van der Waals surface area contributed by atoms with E-state index < -0.39 is 5.60 Å². The highest BCUT2D eigenvalue weighted by molar-refractivity contribution is 5.36. The fourth-order valence-electron chi connectivity index (χ4n) is 5.63. The normalized spacial score (nSPS) is 18.6. The van der Waals surface area contributed by atoms with E-state index >= 15 is 0 Å². The molecule has 0 saturated heterocycles. The van der Waals surface area contributed by atoms with Crippen LogP contribution in [-0.2, 0) is 0 Å². The molecule has 2 nitrogen and oxygen atoms in total. The van der Waals surface area contributed by atoms with E-state index in [2.05, 4.69) is 113 Å². The first kappa shape index (κ1) is 45.6. The zero-order chi connectivity index (χ0) is 35.2. The molecule has 1 rings (SSSR count). The summed E-state index contributed by atoms with van der Waals surface area (Å²) in [6, 6.07) is 0. The second-order valence-electron chi connectivity index (χ2n) is 15.4. The van der Waals surface area contributed by atoms with Gasteiger partial charge in [-0.05, 0) is 146 Å². The van der Waals surface area contributed by atoms with Gasteiger partial charge in [-0.3, -0.25) is 0 Å². The van der Waals surface area contributed by atoms with E-state index in [-0.39, 0.29) is 0 Å². The van der Waals surface area contributed by atoms with Crippen molar-refractivity contribution in [3.8, 4) is 0 Å². The predicted octanol–water partition coefficient (Wildman–Crippen LogP) is 13.6. The highest BCUT2D eigenvalue weighted by Gasteiger charge is 2.16. The van der Waals surface area contributed by atoms with Gasteiger partial charge in [0, 0.05) is 19.8 Å². The molecule has 0 radical (unpaired) electrons. The summed E-state index contributed by atoms with van der Waals surface area (Å²) in [5.74, 6) is 2.93. The molecule has 1 aliphatic rings. The lowest BCUT2D eigenvalue weighted by atomic mass is 9.88. The second kappa shape index (κ2) is 25.5. The number of hydrogen-bond donors (Lipinski definition) is 1. The van der Waals surface area contributed by atoms with Crippen LogP contribution in [0.15, 0.2) is 58.4 Å². The first-order valence-corrected chi connectivity index (χ1v) is 18.8. The van der Waals surface area contributed by atoms with Gasteiger partial charge in [-0.25, -0.2) is 0 Å². The van der Waals surface area contributed by atoms with E-state index in [9.17, 15) is 0 Å². The van der Waals surface area contributed by atoms with Gasteiger partial charge < -0.3 is 10.0 Å². The summed E-state index contributed by atoms with van der Waals surface area (Å²) in [4.78, 5) is 2.15. The Hall–Kier alpha value is -1.54. The Morgan fingerprint density at radius 2 is 1.51 bits per heavy atom. The van der Waals surface area contributed by atoms with Gasteiger partial charge in [0.15, 0.2) is 0 Å². The molecule has 0 aliphatic heterocycles. The average molecular weight is 628 g/mol. The zero-order valence-corrected chi connectivity index (χ0v) is 33.3. The minimum atomic E-state index is -0.500. The van der Waals surface area contributed by atoms with E-state index in [4.69, 9.17) is 5.11 Å². The van der Waals surface area contributed by atoms with Crippen LogP contribution < -0.4 is 0 Å². The standard InChI is InChI=1S/C27H46.C12H25N.C4H10O/c1-8-10-14-25(9-2)24(7)22(5)19-20-26-15-12-11-13-16-27(26)23(6)18-17-21(3)4;1-7-10(3)9-12(8-2)11(4)13(5)6;1-4(2,3)5/h10,14,20-22H,8-9,11-13,15-19H2,1-7H3;10,12H,4,7-9H2,1-3,5-6H3;5H,1-3H3/b14-10-,25-24+,26-20+,27-23-;;. The summed E-state index contributed by atoms with van der Waals surface area (Å²) in [6.45, 7) is 32.6. The van der Waals surface area contributed by atoms with Gasteiger partial charge in [0.25, 0.3) is 0 Å². The Bertz CT molecular complexity index is 899. The Balaban J connectivity index is 0. The molecule has 3 unspecified atom stereocenters. The van der Waals surface area contributed by atoms with Crippen LogP contribution in [0.2, 0.25) is 0 Å². The molecule has 0 heterocycles. The summed E-state index contributed by atoms with van der Waals surface area (Å²) in [7, 11) is 4.17. The Morgan fingerprint density at radius 1 is 0.933 bits per heavy atom. The fourth-order valence-corrected chi connectivity index (χ4v) is 5.63. The quantitative estimate of drug-likeness (QED) is 0.144. The Kier molecular flexibility index (Phi) is 25.9. The van der Waals surface area contributed by atoms with E-state index in [0.29, 0.717) is 11.8 Å². The molecule has 0 bridgehead atoms. The molecular weight excluding hydrogens is 546 g/mol. The van der Waals surface area contributed by atoms with Crippen LogP contribution in [0.1, 0.15) is 173 Å². The fraction of sp³-hybridized carbons (Fsp3) is 0.767. The largest absolute Gasteiger partial charge is 0.391 e. The minimum absolute atomic E-state index is 0.500. The molecule has 3 atom stereocenters. The maximum absolute atomic E-state index is 8.52. The van der Waals surface area contributed by atoms with Gasteiger partial charge in [-0.2, -0.15) is 0 Å². The van der Waals surface area contributed by atoms with Gasteiger partial charge in [0.05, 0.1) is 5.60 Å². The predicted molar refractivity (Wildman–Crippen MR) is 207 cm³/mol. The van der Waals surface area contributed by atoms with Crippen LogP contribution in [0.4, 0.5) is 0 Å². The SMILES string of the molecule is C=C(C(CC)CC(C)CC)N(C)C.CC(C)(C)O.CC/C=C\C(CC)=C(/C)C(C)C/C=C1\CCCCC\C1=C(/C)CCC(C)C. The maximum atomic E-state index is 8.52. The van der Waals surface area contributed by atoms with Crippen molar-refractivity contribution in [3.05, 3.63) is 58.4 Å². The van der Waals surface area contributed by atoms with Gasteiger partial charge in [-0.15, -0.1) is 0 Å². The molecule has 0 spiro atoms. The van der Waals surface area contributed by atoms with E-state index in [1.54, 1.807) is 43.1 Å². The summed E-state index contributed by atoms with van der Waals surface area (Å²) in [5, 5.41) is 8.52. The third-order valence-electron chi connectivity index (χ3n) is 9.19. The molecule has 0 aromatic carbocycles. The number of aliphatic hydroxyl groups is 1. The molecule has 0 amide bonds. The molecule has 0 aromatic heterocycles. The molecule has 2 heteroatoms. The second-order valence-corrected chi connectivity index (χ2v) is 15.4. The zero-order valence-electron chi connectivity index (χ0n) is 33.3. The summed E-state index contributed by atoms with van der Waals surface area (Å²) in [5.41, 5.74) is 8.95. The van der Waals surface area contributed by atoms with Crippen LogP contribution in [0.3, 0.4) is 0 Å². The van der Waals surface area contributed by atoms with Gasteiger partial charge in [-0.1, -0.05) is 104 Å². The number of allylic oxidation sites excluding steroid dienone is 9. The minimum Gasteiger partial charge on any atom is -0.391 e. The van der Waals surface area contributed by atoms with E-state index in [1.165, 1.54) is 81.9 Å². The van der Waals surface area contributed by atoms with Crippen molar-refractivity contribution >= 4 is 0 Å². The topological polar surface area (TPSA) is 23.5 Å². The van der Waals surface area contributed by atoms with Crippen molar-refractivity contribution in [2.75, 3.05) is 14.1 Å². The van der Waals surface area contributed by atoms with Crippen molar-refractivity contribution in [1.29, 1.82) is 0 Å². The van der Waals surface area contributed by atoms with E-state index in [0.717, 1.165) is 24.7 Å². The molecule has 45 heavy (non-hydrogen) atoms. The summed E-state index contributed by atoms with van der Waals surface area (Å²) < 4.78 is 0. The number of nitrogens with zero attached hydrogens (tertiary/aromatic N) is 1. The highest BCUT2D eigenvalue weighted by Crippen LogP contribution is 2.33. The third-order valence-corrected chi connectivity index (χ3v) is 9.19. The van der Waals surface area contributed by atoms with Crippen molar-refractivity contribution < 1.29 is 5.11 Å². The van der Waals surface area contributed by atoms with Crippen LogP contribution in [0.25, 0.3) is 0 Å². The first-order chi connectivity index (χ1) is 20.9. The van der Waals surface area contributed by atoms with Crippen LogP contribution in [0.5, 0.6) is 0 Å².